The fraction of sp³-hybridized carbons (Fsp3) is 0.261. The van der Waals surface area contributed by atoms with Gasteiger partial charge in [-0.05, 0) is 61.7 Å². The Balaban J connectivity index is 1.50. The number of sulfone groups is 1. The first-order chi connectivity index (χ1) is 14.9. The van der Waals surface area contributed by atoms with Crippen LogP contribution in [-0.4, -0.2) is 27.4 Å². The highest BCUT2D eigenvalue weighted by molar-refractivity contribution is 7.90. The monoisotopic (exact) mass is 442 g/mol. The van der Waals surface area contributed by atoms with Gasteiger partial charge < -0.3 is 14.6 Å². The van der Waals surface area contributed by atoms with Crippen LogP contribution in [0, 0.1) is 5.82 Å². The summed E-state index contributed by atoms with van der Waals surface area (Å²) >= 11 is 0. The van der Waals surface area contributed by atoms with Crippen LogP contribution in [-0.2, 0) is 15.6 Å². The van der Waals surface area contributed by atoms with E-state index in [-0.39, 0.29) is 22.2 Å². The van der Waals surface area contributed by atoms with Crippen molar-refractivity contribution in [3.63, 3.8) is 0 Å². The van der Waals surface area contributed by atoms with E-state index in [9.17, 15) is 17.6 Å². The first-order valence-electron chi connectivity index (χ1n) is 10.1. The van der Waals surface area contributed by atoms with Crippen LogP contribution in [0.5, 0.6) is 0 Å². The molecular formula is C23H23FN2O4S. The maximum absolute atomic E-state index is 13.9. The molecular weight excluding hydrogens is 419 g/mol. The molecule has 0 spiro atoms. The van der Waals surface area contributed by atoms with Gasteiger partial charge >= 0.3 is 0 Å². The first-order valence-corrected chi connectivity index (χ1v) is 11.8. The smallest absolute Gasteiger partial charge is 0.291 e. The van der Waals surface area contributed by atoms with E-state index in [0.717, 1.165) is 38.0 Å². The minimum atomic E-state index is -3.59. The molecule has 162 valence electrons. The van der Waals surface area contributed by atoms with Crippen molar-refractivity contribution >= 4 is 27.1 Å². The number of benzene rings is 2. The second kappa shape index (κ2) is 8.93. The highest BCUT2D eigenvalue weighted by Gasteiger charge is 2.21. The van der Waals surface area contributed by atoms with Crippen molar-refractivity contribution in [2.75, 3.05) is 23.3 Å². The lowest BCUT2D eigenvalue weighted by Crippen LogP contribution is -2.30. The van der Waals surface area contributed by atoms with Gasteiger partial charge in [0.1, 0.15) is 17.3 Å². The lowest BCUT2D eigenvalue weighted by Gasteiger charge is -2.30. The Morgan fingerprint density at radius 2 is 1.74 bits per heavy atom. The number of hydrogen-bond acceptors (Lipinski definition) is 5. The largest absolute Gasteiger partial charge is 0.455 e. The number of halogens is 1. The molecule has 0 unspecified atom stereocenters. The number of nitrogens with one attached hydrogen (secondary N) is 1. The van der Waals surface area contributed by atoms with Gasteiger partial charge in [-0.25, -0.2) is 12.8 Å². The third-order valence-electron chi connectivity index (χ3n) is 5.22. The Morgan fingerprint density at radius 1 is 1.00 bits per heavy atom. The summed E-state index contributed by atoms with van der Waals surface area (Å²) in [7, 11) is -3.59. The zero-order valence-electron chi connectivity index (χ0n) is 16.9. The first kappa shape index (κ1) is 21.1. The van der Waals surface area contributed by atoms with Crippen molar-refractivity contribution in [3.05, 3.63) is 78.0 Å². The summed E-state index contributed by atoms with van der Waals surface area (Å²) in [6.07, 6.45) is 3.24. The Labute approximate surface area is 180 Å². The van der Waals surface area contributed by atoms with E-state index in [0.29, 0.717) is 5.69 Å². The van der Waals surface area contributed by atoms with Crippen LogP contribution in [0.3, 0.4) is 0 Å². The summed E-state index contributed by atoms with van der Waals surface area (Å²) in [5.41, 5.74) is 1.12. The van der Waals surface area contributed by atoms with Crippen LogP contribution >= 0.6 is 0 Å². The van der Waals surface area contributed by atoms with Crippen LogP contribution < -0.4 is 10.2 Å². The zero-order valence-corrected chi connectivity index (χ0v) is 17.7. The highest BCUT2D eigenvalue weighted by Crippen LogP contribution is 2.30. The molecule has 0 bridgehead atoms. The van der Waals surface area contributed by atoms with Crippen LogP contribution in [0.2, 0.25) is 0 Å². The molecule has 0 radical (unpaired) electrons. The average molecular weight is 443 g/mol. The minimum absolute atomic E-state index is 0.0351. The van der Waals surface area contributed by atoms with Crippen molar-refractivity contribution in [1.29, 1.82) is 0 Å². The summed E-state index contributed by atoms with van der Waals surface area (Å²) in [4.78, 5) is 15.0. The maximum atomic E-state index is 13.9. The summed E-state index contributed by atoms with van der Waals surface area (Å²) in [6, 6.07) is 15.3. The van der Waals surface area contributed by atoms with E-state index in [1.807, 2.05) is 0 Å². The molecule has 1 amide bonds. The van der Waals surface area contributed by atoms with Crippen molar-refractivity contribution in [2.45, 2.75) is 29.9 Å². The predicted molar refractivity (Wildman–Crippen MR) is 116 cm³/mol. The molecule has 1 aromatic heterocycles. The van der Waals surface area contributed by atoms with Crippen molar-refractivity contribution in [1.82, 2.24) is 0 Å². The Bertz CT molecular complexity index is 1170. The molecule has 1 aliphatic rings. The second-order valence-electron chi connectivity index (χ2n) is 7.50. The topological polar surface area (TPSA) is 79.6 Å². The van der Waals surface area contributed by atoms with E-state index >= 15 is 0 Å². The molecule has 1 aliphatic heterocycles. The van der Waals surface area contributed by atoms with Crippen LogP contribution in [0.15, 0.2) is 70.0 Å². The Hall–Kier alpha value is -3.13. The number of carbonyl (C=O) groups is 1. The molecule has 0 saturated carbocycles. The number of anilines is 2. The zero-order chi connectivity index (χ0) is 21.8. The van der Waals surface area contributed by atoms with Crippen molar-refractivity contribution < 1.29 is 22.0 Å². The molecule has 1 saturated heterocycles. The van der Waals surface area contributed by atoms with Gasteiger partial charge in [0.25, 0.3) is 5.91 Å². The van der Waals surface area contributed by atoms with E-state index < -0.39 is 21.6 Å². The fourth-order valence-electron chi connectivity index (χ4n) is 3.68. The van der Waals surface area contributed by atoms with E-state index in [1.54, 1.807) is 24.3 Å². The number of nitrogens with zero attached hydrogens (tertiary/aromatic N) is 1. The molecule has 6 nitrogen and oxygen atoms in total. The standard InChI is InChI=1S/C23H23FN2O4S/c24-17-9-11-21(26-13-5-2-6-14-26)20(15-17)25-23(27)22-12-10-18(30-22)16-31(28,29)19-7-3-1-4-8-19/h1,3-4,7-12,15H,2,5-6,13-14,16H2,(H,25,27). The van der Waals surface area contributed by atoms with Crippen molar-refractivity contribution in [3.8, 4) is 0 Å². The van der Waals surface area contributed by atoms with Crippen LogP contribution in [0.25, 0.3) is 0 Å². The quantitative estimate of drug-likeness (QED) is 0.602. The second-order valence-corrected chi connectivity index (χ2v) is 9.49. The molecule has 1 fully saturated rings. The fourth-order valence-corrected chi connectivity index (χ4v) is 4.95. The predicted octanol–water partition coefficient (Wildman–Crippen LogP) is 4.64. The molecule has 31 heavy (non-hydrogen) atoms. The number of amides is 1. The van der Waals surface area contributed by atoms with Gasteiger partial charge in [-0.1, -0.05) is 18.2 Å². The molecule has 0 atom stereocenters. The molecule has 0 aliphatic carbocycles. The van der Waals surface area contributed by atoms with Gasteiger partial charge in [0, 0.05) is 13.1 Å². The summed E-state index contributed by atoms with van der Waals surface area (Å²) < 4.78 is 44.4. The number of carbonyl (C=O) groups excluding carboxylic acids is 1. The van der Waals surface area contributed by atoms with Gasteiger partial charge in [-0.2, -0.15) is 0 Å². The molecule has 3 aromatic rings. The summed E-state index contributed by atoms with van der Waals surface area (Å²) in [5.74, 6) is -1.25. The van der Waals surface area contributed by atoms with Gasteiger partial charge in [0.2, 0.25) is 0 Å². The number of rotatable bonds is 6. The third-order valence-corrected chi connectivity index (χ3v) is 6.88. The summed E-state index contributed by atoms with van der Waals surface area (Å²) in [5, 5.41) is 2.71. The van der Waals surface area contributed by atoms with Gasteiger partial charge in [-0.15, -0.1) is 0 Å². The normalized spacial score (nSPS) is 14.4. The number of furan rings is 1. The molecule has 4 rings (SSSR count). The van der Waals surface area contributed by atoms with Crippen LogP contribution in [0.1, 0.15) is 35.6 Å². The Kier molecular flexibility index (Phi) is 6.08. The lowest BCUT2D eigenvalue weighted by molar-refractivity contribution is 0.0995. The maximum Gasteiger partial charge on any atom is 0.291 e. The highest BCUT2D eigenvalue weighted by atomic mass is 32.2. The van der Waals surface area contributed by atoms with Gasteiger partial charge in [0.05, 0.1) is 16.3 Å². The average Bonchev–Trinajstić information content (AvgIpc) is 3.23. The number of hydrogen-bond donors (Lipinski definition) is 1. The van der Waals surface area contributed by atoms with Crippen LogP contribution in [0.4, 0.5) is 15.8 Å². The van der Waals surface area contributed by atoms with E-state index in [2.05, 4.69) is 10.2 Å². The summed E-state index contributed by atoms with van der Waals surface area (Å²) in [6.45, 7) is 1.69. The van der Waals surface area contributed by atoms with Gasteiger partial charge in [-0.3, -0.25) is 4.79 Å². The third kappa shape index (κ3) is 4.96. The van der Waals surface area contributed by atoms with Gasteiger partial charge in [0.15, 0.2) is 15.6 Å². The lowest BCUT2D eigenvalue weighted by atomic mass is 10.1. The van der Waals surface area contributed by atoms with E-state index in [4.69, 9.17) is 4.42 Å². The molecule has 1 N–H and O–H groups in total. The Morgan fingerprint density at radius 3 is 2.48 bits per heavy atom. The SMILES string of the molecule is O=C(Nc1cc(F)ccc1N1CCCCC1)c1ccc(CS(=O)(=O)c2ccccc2)o1. The van der Waals surface area contributed by atoms with E-state index in [1.165, 1.54) is 36.4 Å². The molecule has 8 heteroatoms. The van der Waals surface area contributed by atoms with Crippen molar-refractivity contribution in [2.24, 2.45) is 0 Å². The molecule has 2 heterocycles. The minimum Gasteiger partial charge on any atom is -0.455 e. The molecule has 2 aromatic carbocycles. The number of piperidine rings is 1.